The number of rotatable bonds is 5. The molecule has 0 unspecified atom stereocenters. The molecule has 0 fully saturated rings. The molecule has 0 aromatic carbocycles. The van der Waals surface area contributed by atoms with Gasteiger partial charge in [0.1, 0.15) is 5.69 Å². The van der Waals surface area contributed by atoms with E-state index in [-0.39, 0.29) is 5.69 Å². The molecule has 0 saturated heterocycles. The minimum Gasteiger partial charge on any atom is -0.475 e. The maximum Gasteiger partial charge on any atom is 0.372 e. The van der Waals surface area contributed by atoms with Crippen LogP contribution in [0.25, 0.3) is 0 Å². The maximum atomic E-state index is 11.4. The van der Waals surface area contributed by atoms with Gasteiger partial charge in [0.25, 0.3) is 0 Å². The van der Waals surface area contributed by atoms with Crippen molar-refractivity contribution in [3.63, 3.8) is 0 Å². The first-order chi connectivity index (χ1) is 7.54. The fraction of sp³-hybridized carbons (Fsp3) is 0.222. The minimum absolute atomic E-state index is 0.0500. The van der Waals surface area contributed by atoms with Crippen LogP contribution >= 0.6 is 11.8 Å². The topological polar surface area (TPSA) is 97.2 Å². The number of hydrogen-bond acceptors (Lipinski definition) is 6. The molecule has 0 saturated carbocycles. The average molecular weight is 240 g/mol. The third-order valence-electron chi connectivity index (χ3n) is 1.66. The molecule has 0 aliphatic carbocycles. The van der Waals surface area contributed by atoms with Gasteiger partial charge in [-0.2, -0.15) is 0 Å². The molecule has 1 aromatic rings. The van der Waals surface area contributed by atoms with Crippen molar-refractivity contribution >= 4 is 29.3 Å². The Hall–Kier alpha value is -1.76. The van der Waals surface area contributed by atoms with Crippen molar-refractivity contribution in [3.8, 4) is 0 Å². The molecule has 6 nitrogen and oxygen atoms in total. The van der Waals surface area contributed by atoms with Crippen molar-refractivity contribution in [1.29, 1.82) is 0 Å². The van der Waals surface area contributed by atoms with Crippen LogP contribution in [0.2, 0.25) is 0 Å². The second kappa shape index (κ2) is 5.36. The van der Waals surface area contributed by atoms with E-state index in [0.717, 1.165) is 0 Å². The molecule has 0 radical (unpaired) electrons. The number of carbonyl (C=O) groups excluding carboxylic acids is 2. The third-order valence-corrected chi connectivity index (χ3v) is 2.22. The summed E-state index contributed by atoms with van der Waals surface area (Å²) in [4.78, 5) is 40.2. The molecular weight excluding hydrogens is 232 g/mol. The highest BCUT2D eigenvalue weighted by Crippen LogP contribution is 2.09. The Morgan fingerprint density at radius 1 is 1.44 bits per heavy atom. The summed E-state index contributed by atoms with van der Waals surface area (Å²) in [6.07, 6.45) is 2.45. The number of carboxylic acid groups (broad SMARTS) is 1. The number of aliphatic carboxylic acids is 1. The monoisotopic (exact) mass is 240 g/mol. The lowest BCUT2D eigenvalue weighted by Crippen LogP contribution is -2.18. The van der Waals surface area contributed by atoms with Gasteiger partial charge in [-0.1, -0.05) is 11.8 Å². The normalized spacial score (nSPS) is 9.81. The predicted octanol–water partition coefficient (Wildman–Crippen LogP) is 0.425. The highest BCUT2D eigenvalue weighted by atomic mass is 32.2. The SMILES string of the molecule is CSc1nccc(C(=O)CC(=O)C(=O)O)n1. The van der Waals surface area contributed by atoms with E-state index in [2.05, 4.69) is 9.97 Å². The Labute approximate surface area is 95.1 Å². The van der Waals surface area contributed by atoms with Gasteiger partial charge >= 0.3 is 5.97 Å². The Bertz CT molecular complexity index is 447. The Kier molecular flexibility index (Phi) is 4.12. The molecule has 0 amide bonds. The highest BCUT2D eigenvalue weighted by molar-refractivity contribution is 7.98. The van der Waals surface area contributed by atoms with Gasteiger partial charge in [-0.15, -0.1) is 0 Å². The van der Waals surface area contributed by atoms with Gasteiger partial charge in [0.15, 0.2) is 10.9 Å². The summed E-state index contributed by atoms with van der Waals surface area (Å²) < 4.78 is 0. The molecule has 0 atom stereocenters. The first kappa shape index (κ1) is 12.3. The third kappa shape index (κ3) is 3.13. The van der Waals surface area contributed by atoms with Crippen molar-refractivity contribution < 1.29 is 19.5 Å². The lowest BCUT2D eigenvalue weighted by Gasteiger charge is -1.99. The molecule has 0 aliphatic rings. The van der Waals surface area contributed by atoms with Crippen LogP contribution in [0, 0.1) is 0 Å². The number of carbonyl (C=O) groups is 3. The first-order valence-electron chi connectivity index (χ1n) is 4.21. The summed E-state index contributed by atoms with van der Waals surface area (Å²) in [5.41, 5.74) is 0.0500. The lowest BCUT2D eigenvalue weighted by molar-refractivity contribution is -0.148. The second-order valence-electron chi connectivity index (χ2n) is 2.76. The molecule has 1 heterocycles. The van der Waals surface area contributed by atoms with Crippen LogP contribution in [-0.4, -0.2) is 38.9 Å². The zero-order valence-corrected chi connectivity index (χ0v) is 9.15. The van der Waals surface area contributed by atoms with E-state index in [9.17, 15) is 14.4 Å². The maximum absolute atomic E-state index is 11.4. The molecule has 7 heteroatoms. The second-order valence-corrected chi connectivity index (χ2v) is 3.53. The fourth-order valence-corrected chi connectivity index (χ4v) is 1.26. The first-order valence-corrected chi connectivity index (χ1v) is 5.43. The number of nitrogens with zero attached hydrogens (tertiary/aromatic N) is 2. The number of ketones is 2. The van der Waals surface area contributed by atoms with Crippen LogP contribution < -0.4 is 0 Å². The average Bonchev–Trinajstić information content (AvgIpc) is 2.28. The van der Waals surface area contributed by atoms with E-state index >= 15 is 0 Å². The molecular formula is C9H8N2O4S. The molecule has 16 heavy (non-hydrogen) atoms. The fourth-order valence-electron chi connectivity index (χ4n) is 0.906. The van der Waals surface area contributed by atoms with Crippen LogP contribution in [0.1, 0.15) is 16.9 Å². The minimum atomic E-state index is -1.62. The molecule has 1 aromatic heterocycles. The van der Waals surface area contributed by atoms with Gasteiger partial charge in [0.05, 0.1) is 6.42 Å². The van der Waals surface area contributed by atoms with Crippen molar-refractivity contribution in [1.82, 2.24) is 9.97 Å². The molecule has 0 spiro atoms. The van der Waals surface area contributed by atoms with Gasteiger partial charge in [-0.05, 0) is 12.3 Å². The molecule has 1 N–H and O–H groups in total. The van der Waals surface area contributed by atoms with E-state index in [1.54, 1.807) is 6.26 Å². The van der Waals surface area contributed by atoms with E-state index < -0.39 is 24.0 Å². The van der Waals surface area contributed by atoms with Crippen molar-refractivity contribution in [2.45, 2.75) is 11.6 Å². The molecule has 0 bridgehead atoms. The van der Waals surface area contributed by atoms with Crippen molar-refractivity contribution in [2.24, 2.45) is 0 Å². The van der Waals surface area contributed by atoms with Crippen molar-refractivity contribution in [2.75, 3.05) is 6.26 Å². The molecule has 84 valence electrons. The quantitative estimate of drug-likeness (QED) is 0.262. The van der Waals surface area contributed by atoms with Gasteiger partial charge in [-0.25, -0.2) is 14.8 Å². The van der Waals surface area contributed by atoms with Gasteiger partial charge in [0.2, 0.25) is 5.78 Å². The zero-order chi connectivity index (χ0) is 12.1. The van der Waals surface area contributed by atoms with Crippen LogP contribution in [0.15, 0.2) is 17.4 Å². The standard InChI is InChI=1S/C9H8N2O4S/c1-16-9-10-3-2-5(11-9)6(12)4-7(13)8(14)15/h2-3H,4H2,1H3,(H,14,15). The van der Waals surface area contributed by atoms with E-state index in [1.165, 1.54) is 24.0 Å². The Balaban J connectivity index is 2.80. The van der Waals surface area contributed by atoms with E-state index in [1.807, 2.05) is 0 Å². The number of carboxylic acids is 1. The summed E-state index contributed by atoms with van der Waals surface area (Å²) >= 11 is 1.25. The highest BCUT2D eigenvalue weighted by Gasteiger charge is 2.18. The number of hydrogen-bond donors (Lipinski definition) is 1. The summed E-state index contributed by atoms with van der Waals surface area (Å²) in [5.74, 6) is -3.38. The van der Waals surface area contributed by atoms with Gasteiger partial charge < -0.3 is 5.11 Å². The summed E-state index contributed by atoms with van der Waals surface area (Å²) in [6.45, 7) is 0. The van der Waals surface area contributed by atoms with Crippen LogP contribution in [0.5, 0.6) is 0 Å². The van der Waals surface area contributed by atoms with Crippen LogP contribution in [0.4, 0.5) is 0 Å². The summed E-state index contributed by atoms with van der Waals surface area (Å²) in [7, 11) is 0. The Morgan fingerprint density at radius 3 is 2.69 bits per heavy atom. The molecule has 0 aliphatic heterocycles. The number of aromatic nitrogens is 2. The lowest BCUT2D eigenvalue weighted by atomic mass is 10.1. The Morgan fingerprint density at radius 2 is 2.12 bits per heavy atom. The molecule has 1 rings (SSSR count). The number of thioether (sulfide) groups is 1. The summed E-state index contributed by atoms with van der Waals surface area (Å²) in [6, 6.07) is 1.34. The zero-order valence-electron chi connectivity index (χ0n) is 8.34. The van der Waals surface area contributed by atoms with Crippen LogP contribution in [-0.2, 0) is 9.59 Å². The van der Waals surface area contributed by atoms with Gasteiger partial charge in [-0.3, -0.25) is 9.59 Å². The van der Waals surface area contributed by atoms with Gasteiger partial charge in [0, 0.05) is 6.20 Å². The largest absolute Gasteiger partial charge is 0.475 e. The van der Waals surface area contributed by atoms with E-state index in [4.69, 9.17) is 5.11 Å². The van der Waals surface area contributed by atoms with Crippen LogP contribution in [0.3, 0.4) is 0 Å². The number of Topliss-reactive ketones (excluding diaryl/α,β-unsaturated/α-hetero) is 2. The predicted molar refractivity (Wildman–Crippen MR) is 55.4 cm³/mol. The van der Waals surface area contributed by atoms with Crippen molar-refractivity contribution in [3.05, 3.63) is 18.0 Å². The smallest absolute Gasteiger partial charge is 0.372 e. The van der Waals surface area contributed by atoms with E-state index in [0.29, 0.717) is 5.16 Å². The summed E-state index contributed by atoms with van der Waals surface area (Å²) in [5, 5.41) is 8.74.